The van der Waals surface area contributed by atoms with Crippen LogP contribution < -0.4 is 11.1 Å². The molecule has 0 amide bonds. The van der Waals surface area contributed by atoms with Crippen molar-refractivity contribution in [1.29, 1.82) is 0 Å². The first kappa shape index (κ1) is 35.6. The average Bonchev–Trinajstić information content (AvgIpc) is 3.32. The van der Waals surface area contributed by atoms with E-state index in [1.807, 2.05) is 0 Å². The van der Waals surface area contributed by atoms with Gasteiger partial charge in [-0.05, 0) is 125 Å². The van der Waals surface area contributed by atoms with Gasteiger partial charge < -0.3 is 30.7 Å². The van der Waals surface area contributed by atoms with Crippen molar-refractivity contribution in [3.63, 3.8) is 0 Å². The molecular formula is C37H70N2O4. The molecule has 0 bridgehead atoms. The number of hydrogen-bond acceptors (Lipinski definition) is 6. The van der Waals surface area contributed by atoms with E-state index in [1.165, 1.54) is 44.9 Å². The van der Waals surface area contributed by atoms with Crippen molar-refractivity contribution in [1.82, 2.24) is 5.32 Å². The van der Waals surface area contributed by atoms with Crippen LogP contribution >= 0.6 is 0 Å². The molecule has 0 spiro atoms. The molecule has 0 heterocycles. The summed E-state index contributed by atoms with van der Waals surface area (Å²) in [6, 6.07) is 0.0456. The molecule has 0 radical (unpaired) electrons. The summed E-state index contributed by atoms with van der Waals surface area (Å²) in [7, 11) is 0. The van der Waals surface area contributed by atoms with E-state index in [9.17, 15) is 10.2 Å². The van der Waals surface area contributed by atoms with Gasteiger partial charge >= 0.3 is 0 Å². The standard InChI is InChI=1S/C37H70N2O4/c1-27(2)11-8-12-28(3)31-13-14-32-30-25-34(39-20-10-24-43-22-7-6-21-42-23-9-19-38)37(41)26-29(40)15-18-36(37,5)33(30)16-17-35(31,32)4/h27-34,39-41H,6-26,38H2,1-5H3/t28-,29+,30?,31-,32?,33?,34?,35-,36-,37+/m1/s1. The molecule has 4 aliphatic carbocycles. The van der Waals surface area contributed by atoms with Gasteiger partial charge in [0.1, 0.15) is 0 Å². The van der Waals surface area contributed by atoms with Crippen LogP contribution in [0.25, 0.3) is 0 Å². The predicted octanol–water partition coefficient (Wildman–Crippen LogP) is 6.70. The molecule has 4 saturated carbocycles. The number of hydrogen-bond donors (Lipinski definition) is 4. The van der Waals surface area contributed by atoms with E-state index in [2.05, 4.69) is 39.9 Å². The highest BCUT2D eigenvalue weighted by atomic mass is 16.5. The number of unbranched alkanes of at least 4 members (excludes halogenated alkanes) is 1. The number of rotatable bonds is 18. The van der Waals surface area contributed by atoms with Crippen LogP contribution in [0, 0.1) is 46.3 Å². The quantitative estimate of drug-likeness (QED) is 0.130. The Kier molecular flexibility index (Phi) is 13.3. The summed E-state index contributed by atoms with van der Waals surface area (Å²) in [6.45, 7) is 16.9. The second-order valence-electron chi connectivity index (χ2n) is 16.3. The molecule has 4 fully saturated rings. The van der Waals surface area contributed by atoms with Crippen molar-refractivity contribution in [2.45, 2.75) is 149 Å². The fraction of sp³-hybridized carbons (Fsp3) is 1.00. The molecule has 0 saturated heterocycles. The van der Waals surface area contributed by atoms with Gasteiger partial charge in [0.15, 0.2) is 0 Å². The minimum Gasteiger partial charge on any atom is -0.393 e. The highest BCUT2D eigenvalue weighted by molar-refractivity contribution is 5.18. The molecule has 10 atom stereocenters. The lowest BCUT2D eigenvalue weighted by Gasteiger charge is -2.66. The summed E-state index contributed by atoms with van der Waals surface area (Å²) in [6.07, 6.45) is 16.3. The van der Waals surface area contributed by atoms with Gasteiger partial charge in [0.25, 0.3) is 0 Å². The maximum Gasteiger partial charge on any atom is 0.0880 e. The van der Waals surface area contributed by atoms with Crippen LogP contribution in [0.3, 0.4) is 0 Å². The zero-order valence-corrected chi connectivity index (χ0v) is 28.8. The van der Waals surface area contributed by atoms with Crippen molar-refractivity contribution in [3.05, 3.63) is 0 Å². The molecule has 252 valence electrons. The van der Waals surface area contributed by atoms with E-state index in [1.54, 1.807) is 0 Å². The van der Waals surface area contributed by atoms with E-state index in [-0.39, 0.29) is 11.5 Å². The Bertz CT molecular complexity index is 826. The molecule has 0 aliphatic heterocycles. The normalized spacial score (nSPS) is 39.8. The summed E-state index contributed by atoms with van der Waals surface area (Å²) in [5.74, 6) is 4.46. The fourth-order valence-corrected chi connectivity index (χ4v) is 10.8. The SMILES string of the molecule is CC(C)CCC[C@@H](C)[C@H]1CCC2C3CC(NCCCOCCCCOCCCN)[C@@]4(O)C[C@@H](O)CC[C@]4(C)C3CC[C@@]21C. The first-order chi connectivity index (χ1) is 20.6. The molecule has 6 nitrogen and oxygen atoms in total. The van der Waals surface area contributed by atoms with Gasteiger partial charge in [-0.2, -0.15) is 0 Å². The van der Waals surface area contributed by atoms with Crippen LogP contribution in [0.4, 0.5) is 0 Å². The van der Waals surface area contributed by atoms with Gasteiger partial charge in [0.2, 0.25) is 0 Å². The van der Waals surface area contributed by atoms with Gasteiger partial charge in [-0.25, -0.2) is 0 Å². The Balaban J connectivity index is 1.34. The second kappa shape index (κ2) is 16.0. The molecule has 5 N–H and O–H groups in total. The largest absolute Gasteiger partial charge is 0.393 e. The van der Waals surface area contributed by atoms with Crippen LogP contribution in [0.2, 0.25) is 0 Å². The Labute approximate surface area is 265 Å². The predicted molar refractivity (Wildman–Crippen MR) is 177 cm³/mol. The second-order valence-corrected chi connectivity index (χ2v) is 16.3. The van der Waals surface area contributed by atoms with Gasteiger partial charge in [-0.1, -0.05) is 53.9 Å². The maximum atomic E-state index is 12.5. The number of ether oxygens (including phenoxy) is 2. The highest BCUT2D eigenvalue weighted by Crippen LogP contribution is 2.69. The zero-order chi connectivity index (χ0) is 31.1. The van der Waals surface area contributed by atoms with E-state index in [0.29, 0.717) is 30.2 Å². The smallest absolute Gasteiger partial charge is 0.0880 e. The van der Waals surface area contributed by atoms with E-state index in [0.717, 1.165) is 102 Å². The Morgan fingerprint density at radius 1 is 0.837 bits per heavy atom. The van der Waals surface area contributed by atoms with Crippen molar-refractivity contribution in [3.8, 4) is 0 Å². The maximum absolute atomic E-state index is 12.5. The Hall–Kier alpha value is -0.240. The minimum atomic E-state index is -0.841. The first-order valence-electron chi connectivity index (χ1n) is 18.6. The van der Waals surface area contributed by atoms with E-state index >= 15 is 0 Å². The number of fused-ring (bicyclic) bond motifs is 5. The van der Waals surface area contributed by atoms with Crippen molar-refractivity contribution in [2.24, 2.45) is 52.1 Å². The molecular weight excluding hydrogens is 536 g/mol. The lowest BCUT2D eigenvalue weighted by molar-refractivity contribution is -0.234. The Morgan fingerprint density at radius 2 is 1.53 bits per heavy atom. The van der Waals surface area contributed by atoms with Crippen molar-refractivity contribution >= 4 is 0 Å². The van der Waals surface area contributed by atoms with Crippen LogP contribution in [0.1, 0.15) is 131 Å². The molecule has 4 aliphatic rings. The molecule has 0 aromatic heterocycles. The van der Waals surface area contributed by atoms with Crippen LogP contribution in [0.15, 0.2) is 0 Å². The number of aliphatic hydroxyl groups is 2. The molecule has 0 aromatic carbocycles. The molecule has 0 aromatic rings. The minimum absolute atomic E-state index is 0.0456. The summed E-state index contributed by atoms with van der Waals surface area (Å²) in [5.41, 5.74) is 4.98. The van der Waals surface area contributed by atoms with Gasteiger partial charge in [-0.3, -0.25) is 0 Å². The van der Waals surface area contributed by atoms with Crippen LogP contribution in [0.5, 0.6) is 0 Å². The number of aliphatic hydroxyl groups excluding tert-OH is 1. The van der Waals surface area contributed by atoms with E-state index < -0.39 is 11.7 Å². The van der Waals surface area contributed by atoms with Crippen LogP contribution in [-0.4, -0.2) is 67.5 Å². The lowest BCUT2D eigenvalue weighted by Crippen LogP contribution is -2.71. The molecule has 43 heavy (non-hydrogen) atoms. The average molecular weight is 607 g/mol. The van der Waals surface area contributed by atoms with E-state index in [4.69, 9.17) is 15.2 Å². The summed E-state index contributed by atoms with van der Waals surface area (Å²) in [4.78, 5) is 0. The van der Waals surface area contributed by atoms with Crippen molar-refractivity contribution < 1.29 is 19.7 Å². The molecule has 4 rings (SSSR count). The third-order valence-electron chi connectivity index (χ3n) is 13.3. The summed E-state index contributed by atoms with van der Waals surface area (Å²) in [5, 5.41) is 27.2. The fourth-order valence-electron chi connectivity index (χ4n) is 10.8. The van der Waals surface area contributed by atoms with Gasteiger partial charge in [-0.15, -0.1) is 0 Å². The zero-order valence-electron chi connectivity index (χ0n) is 28.8. The molecule has 4 unspecified atom stereocenters. The van der Waals surface area contributed by atoms with Crippen molar-refractivity contribution in [2.75, 3.05) is 39.5 Å². The Morgan fingerprint density at radius 3 is 2.23 bits per heavy atom. The topological polar surface area (TPSA) is 97.0 Å². The lowest BCUT2D eigenvalue weighted by atomic mass is 9.42. The number of nitrogens with one attached hydrogen (secondary N) is 1. The first-order valence-corrected chi connectivity index (χ1v) is 18.6. The number of nitrogens with two attached hydrogens (primary N) is 1. The third kappa shape index (κ3) is 8.01. The van der Waals surface area contributed by atoms with Gasteiger partial charge in [0.05, 0.1) is 11.7 Å². The van der Waals surface area contributed by atoms with Gasteiger partial charge in [0, 0.05) is 44.3 Å². The monoisotopic (exact) mass is 607 g/mol. The van der Waals surface area contributed by atoms with Crippen LogP contribution in [-0.2, 0) is 9.47 Å². The highest BCUT2D eigenvalue weighted by Gasteiger charge is 2.67. The summed E-state index contributed by atoms with van der Waals surface area (Å²) < 4.78 is 11.5. The third-order valence-corrected chi connectivity index (χ3v) is 13.3. The summed E-state index contributed by atoms with van der Waals surface area (Å²) >= 11 is 0. The molecule has 6 heteroatoms.